The third kappa shape index (κ3) is 2.44. The molecule has 0 aliphatic rings. The first-order chi connectivity index (χ1) is 11.6. The molecule has 0 saturated carbocycles. The zero-order valence-electron chi connectivity index (χ0n) is 12.4. The van der Waals surface area contributed by atoms with Gasteiger partial charge in [-0.15, -0.1) is 0 Å². The summed E-state index contributed by atoms with van der Waals surface area (Å²) in [5.74, 6) is -0.365. The van der Waals surface area contributed by atoms with Gasteiger partial charge < -0.3 is 9.84 Å². The molecule has 4 rings (SSSR count). The average Bonchev–Trinajstić information content (AvgIpc) is 3.26. The van der Waals surface area contributed by atoms with Crippen molar-refractivity contribution in [1.82, 2.24) is 19.9 Å². The highest BCUT2D eigenvalue weighted by atomic mass is 32.1. The number of hydrogen-bond acceptors (Lipinski definition) is 6. The molecular weight excluding hydrogens is 333 g/mol. The fraction of sp³-hybridized carbons (Fsp3) is 0.0667. The van der Waals surface area contributed by atoms with Crippen LogP contribution in [0.5, 0.6) is 0 Å². The van der Waals surface area contributed by atoms with Gasteiger partial charge in [0, 0.05) is 12.1 Å². The summed E-state index contributed by atoms with van der Waals surface area (Å²) < 4.78 is 20.8. The highest BCUT2D eigenvalue weighted by Gasteiger charge is 2.17. The van der Waals surface area contributed by atoms with Crippen molar-refractivity contribution in [3.63, 3.8) is 0 Å². The van der Waals surface area contributed by atoms with Crippen LogP contribution in [0.3, 0.4) is 0 Å². The maximum atomic E-state index is 13.8. The van der Waals surface area contributed by atoms with Crippen molar-refractivity contribution in [3.8, 4) is 5.13 Å². The van der Waals surface area contributed by atoms with E-state index >= 15 is 0 Å². The smallest absolute Gasteiger partial charge is 0.295 e. The van der Waals surface area contributed by atoms with Crippen LogP contribution in [0.15, 0.2) is 41.1 Å². The number of carbonyl (C=O) groups excluding carboxylic acids is 1. The molecule has 0 saturated heterocycles. The lowest BCUT2D eigenvalue weighted by Gasteiger charge is -2.04. The number of rotatable bonds is 3. The zero-order valence-corrected chi connectivity index (χ0v) is 13.2. The minimum atomic E-state index is -0.457. The first-order valence-electron chi connectivity index (χ1n) is 6.96. The van der Waals surface area contributed by atoms with Crippen LogP contribution in [-0.2, 0) is 0 Å². The van der Waals surface area contributed by atoms with Crippen LogP contribution in [0, 0.1) is 12.7 Å². The molecule has 0 radical (unpaired) electrons. The predicted molar refractivity (Wildman–Crippen MR) is 85.9 cm³/mol. The molecule has 0 unspecified atom stereocenters. The van der Waals surface area contributed by atoms with Crippen molar-refractivity contribution in [2.45, 2.75) is 6.92 Å². The molecule has 1 aromatic carbocycles. The van der Waals surface area contributed by atoms with E-state index in [1.807, 2.05) is 0 Å². The molecular formula is C15H10FN5O2S. The largest absolute Gasteiger partial charge is 0.351 e. The molecule has 7 nitrogen and oxygen atoms in total. The molecule has 4 aromatic rings. The van der Waals surface area contributed by atoms with E-state index in [-0.39, 0.29) is 11.3 Å². The van der Waals surface area contributed by atoms with Gasteiger partial charge >= 0.3 is 0 Å². The number of nitrogens with zero attached hydrogens (tertiary/aromatic N) is 4. The van der Waals surface area contributed by atoms with E-state index in [0.717, 1.165) is 0 Å². The summed E-state index contributed by atoms with van der Waals surface area (Å²) in [4.78, 5) is 16.4. The first kappa shape index (κ1) is 14.5. The number of aryl methyl sites for hydroxylation is 1. The van der Waals surface area contributed by atoms with Crippen LogP contribution in [-0.4, -0.2) is 25.8 Å². The molecule has 9 heteroatoms. The number of hydrogen-bond donors (Lipinski definition) is 1. The average molecular weight is 343 g/mol. The number of para-hydroxylation sites is 1. The van der Waals surface area contributed by atoms with E-state index in [1.54, 1.807) is 25.1 Å². The normalized spacial score (nSPS) is 11.1. The molecule has 3 aromatic heterocycles. The number of thiazole rings is 1. The lowest BCUT2D eigenvalue weighted by molar-refractivity contribution is 0.0987. The maximum Gasteiger partial charge on any atom is 0.295 e. The Morgan fingerprint density at radius 3 is 3.00 bits per heavy atom. The zero-order chi connectivity index (χ0) is 16.7. The highest BCUT2D eigenvalue weighted by molar-refractivity contribution is 7.20. The monoisotopic (exact) mass is 343 g/mol. The summed E-state index contributed by atoms with van der Waals surface area (Å²) in [6, 6.07) is 7.91. The minimum absolute atomic E-state index is 0.0794. The van der Waals surface area contributed by atoms with Crippen LogP contribution in [0.4, 0.5) is 10.2 Å². The molecule has 0 bridgehead atoms. The Balaban J connectivity index is 1.75. The van der Waals surface area contributed by atoms with Crippen molar-refractivity contribution >= 4 is 33.3 Å². The molecule has 120 valence electrons. The van der Waals surface area contributed by atoms with Crippen LogP contribution >= 0.6 is 11.3 Å². The highest BCUT2D eigenvalue weighted by Crippen LogP contribution is 2.28. The number of nitrogens with one attached hydrogen (secondary N) is 1. The molecule has 0 spiro atoms. The second-order valence-corrected chi connectivity index (χ2v) is 6.01. The molecule has 1 amide bonds. The summed E-state index contributed by atoms with van der Waals surface area (Å²) in [6.07, 6.45) is 1.38. The van der Waals surface area contributed by atoms with Crippen molar-refractivity contribution < 1.29 is 13.7 Å². The number of fused-ring (bicyclic) bond motifs is 1. The second-order valence-electron chi connectivity index (χ2n) is 5.00. The number of anilines is 1. The van der Waals surface area contributed by atoms with Gasteiger partial charge in [0.1, 0.15) is 17.2 Å². The molecule has 0 aliphatic heterocycles. The standard InChI is InChI=1S/C15H10FN5O2S/c1-8-7-12(18-14(22)10-5-6-17-23-10)21(20-8)15-19-13-9(16)3-2-4-11(13)24-15/h2-7H,1H3,(H,18,22). The van der Waals surface area contributed by atoms with Crippen molar-refractivity contribution in [3.05, 3.63) is 53.8 Å². The van der Waals surface area contributed by atoms with Crippen molar-refractivity contribution in [2.75, 3.05) is 5.32 Å². The molecule has 3 heterocycles. The Bertz CT molecular complexity index is 1040. The van der Waals surface area contributed by atoms with E-state index in [9.17, 15) is 9.18 Å². The van der Waals surface area contributed by atoms with Gasteiger partial charge in [-0.2, -0.15) is 9.78 Å². The Morgan fingerprint density at radius 1 is 1.38 bits per heavy atom. The van der Waals surface area contributed by atoms with Crippen molar-refractivity contribution in [1.29, 1.82) is 0 Å². The van der Waals surface area contributed by atoms with Gasteiger partial charge in [0.25, 0.3) is 5.91 Å². The molecule has 0 fully saturated rings. The Labute approximate surface area is 138 Å². The van der Waals surface area contributed by atoms with Gasteiger partial charge in [-0.05, 0) is 19.1 Å². The van der Waals surface area contributed by atoms with Gasteiger partial charge in [0.15, 0.2) is 0 Å². The van der Waals surface area contributed by atoms with E-state index in [2.05, 4.69) is 20.6 Å². The number of amides is 1. The Morgan fingerprint density at radius 2 is 2.25 bits per heavy atom. The Kier molecular flexibility index (Phi) is 3.35. The number of aromatic nitrogens is 4. The Hall–Kier alpha value is -3.07. The van der Waals surface area contributed by atoms with Gasteiger partial charge in [-0.25, -0.2) is 9.37 Å². The van der Waals surface area contributed by atoms with Gasteiger partial charge in [0.05, 0.1) is 16.6 Å². The third-order valence-corrected chi connectivity index (χ3v) is 4.27. The quantitative estimate of drug-likeness (QED) is 0.617. The molecule has 0 atom stereocenters. The van der Waals surface area contributed by atoms with Gasteiger partial charge in [-0.1, -0.05) is 22.6 Å². The molecule has 1 N–H and O–H groups in total. The lowest BCUT2D eigenvalue weighted by Crippen LogP contribution is -2.14. The van der Waals surface area contributed by atoms with E-state index in [4.69, 9.17) is 4.52 Å². The van der Waals surface area contributed by atoms with Gasteiger partial charge in [-0.3, -0.25) is 4.79 Å². The predicted octanol–water partition coefficient (Wildman–Crippen LogP) is 3.17. The third-order valence-electron chi connectivity index (χ3n) is 3.27. The number of carbonyl (C=O) groups is 1. The summed E-state index contributed by atoms with van der Waals surface area (Å²) in [5.41, 5.74) is 0.959. The fourth-order valence-corrected chi connectivity index (χ4v) is 3.18. The maximum absolute atomic E-state index is 13.8. The lowest BCUT2D eigenvalue weighted by atomic mass is 10.3. The van der Waals surface area contributed by atoms with Gasteiger partial charge in [0.2, 0.25) is 10.9 Å². The number of halogens is 1. The topological polar surface area (TPSA) is 85.8 Å². The summed E-state index contributed by atoms with van der Waals surface area (Å²) in [6.45, 7) is 1.79. The molecule has 24 heavy (non-hydrogen) atoms. The van der Waals surface area contributed by atoms with Crippen LogP contribution in [0.25, 0.3) is 15.3 Å². The fourth-order valence-electron chi connectivity index (χ4n) is 2.24. The summed E-state index contributed by atoms with van der Waals surface area (Å²) in [5, 5.41) is 11.0. The minimum Gasteiger partial charge on any atom is -0.351 e. The van der Waals surface area contributed by atoms with Crippen LogP contribution in [0.1, 0.15) is 16.2 Å². The second kappa shape index (κ2) is 5.53. The summed E-state index contributed by atoms with van der Waals surface area (Å²) >= 11 is 1.28. The SMILES string of the molecule is Cc1cc(NC(=O)c2ccno2)n(-c2nc3c(F)cccc3s2)n1. The van der Waals surface area contributed by atoms with Crippen LogP contribution < -0.4 is 5.32 Å². The molecule has 0 aliphatic carbocycles. The van der Waals surface area contributed by atoms with Crippen LogP contribution in [0.2, 0.25) is 0 Å². The first-order valence-corrected chi connectivity index (χ1v) is 7.77. The van der Waals surface area contributed by atoms with E-state index < -0.39 is 11.7 Å². The van der Waals surface area contributed by atoms with E-state index in [0.29, 0.717) is 21.3 Å². The van der Waals surface area contributed by atoms with Crippen molar-refractivity contribution in [2.24, 2.45) is 0 Å². The number of benzene rings is 1. The van der Waals surface area contributed by atoms with E-state index in [1.165, 1.54) is 34.3 Å². The summed E-state index contributed by atoms with van der Waals surface area (Å²) in [7, 11) is 0.